The van der Waals surface area contributed by atoms with Gasteiger partial charge in [-0.25, -0.2) is 0 Å². The molecule has 0 aliphatic heterocycles. The minimum Gasteiger partial charge on any atom is -0.330 e. The van der Waals surface area contributed by atoms with E-state index in [0.717, 1.165) is 6.42 Å². The van der Waals surface area contributed by atoms with E-state index in [4.69, 9.17) is 5.73 Å². The predicted octanol–water partition coefficient (Wildman–Crippen LogP) is 2.30. The highest BCUT2D eigenvalue weighted by atomic mass is 32.2. The maximum absolute atomic E-state index is 11.8. The largest absolute Gasteiger partial charge is 0.330 e. The van der Waals surface area contributed by atoms with E-state index in [1.165, 1.54) is 6.92 Å². The third kappa shape index (κ3) is 5.89. The quantitative estimate of drug-likeness (QED) is 0.752. The maximum Gasteiger partial charge on any atom is 0.234 e. The number of carbonyl (C=O) groups excluding carboxylic acids is 2. The number of Topliss-reactive ketones (excluding diaryl/α,β-unsaturated/α-hetero) is 1. The highest BCUT2D eigenvalue weighted by Gasteiger charge is 2.08. The van der Waals surface area contributed by atoms with Gasteiger partial charge in [-0.05, 0) is 32.0 Å². The number of rotatable bonds is 7. The summed E-state index contributed by atoms with van der Waals surface area (Å²) in [4.78, 5) is 23.0. The second-order valence-electron chi connectivity index (χ2n) is 4.38. The Morgan fingerprint density at radius 2 is 2.16 bits per heavy atom. The summed E-state index contributed by atoms with van der Waals surface area (Å²) in [5, 5.41) is 3.17. The van der Waals surface area contributed by atoms with Gasteiger partial charge in [-0.15, -0.1) is 11.8 Å². The summed E-state index contributed by atoms with van der Waals surface area (Å²) < 4.78 is 0. The van der Waals surface area contributed by atoms with Crippen LogP contribution in [0.25, 0.3) is 0 Å². The van der Waals surface area contributed by atoms with Crippen molar-refractivity contribution in [1.82, 2.24) is 0 Å². The van der Waals surface area contributed by atoms with Gasteiger partial charge in [0.1, 0.15) is 0 Å². The Morgan fingerprint density at radius 3 is 2.79 bits per heavy atom. The summed E-state index contributed by atoms with van der Waals surface area (Å²) in [6.45, 7) is 4.20. The summed E-state index contributed by atoms with van der Waals surface area (Å²) in [7, 11) is 0. The fourth-order valence-corrected chi connectivity index (χ4v) is 2.36. The van der Waals surface area contributed by atoms with Crippen molar-refractivity contribution in [3.05, 3.63) is 29.8 Å². The van der Waals surface area contributed by atoms with Gasteiger partial charge < -0.3 is 11.1 Å². The van der Waals surface area contributed by atoms with Gasteiger partial charge in [0.05, 0.1) is 5.75 Å². The highest BCUT2D eigenvalue weighted by molar-refractivity contribution is 8.00. The Labute approximate surface area is 118 Å². The average molecular weight is 280 g/mol. The van der Waals surface area contributed by atoms with Crippen LogP contribution in [0.5, 0.6) is 0 Å². The van der Waals surface area contributed by atoms with Crippen molar-refractivity contribution in [3.63, 3.8) is 0 Å². The zero-order chi connectivity index (χ0) is 14.3. The molecule has 1 amide bonds. The molecule has 0 aliphatic carbocycles. The van der Waals surface area contributed by atoms with E-state index in [1.54, 1.807) is 36.0 Å². The number of nitrogens with one attached hydrogen (secondary N) is 1. The predicted molar refractivity (Wildman–Crippen MR) is 80.7 cm³/mol. The summed E-state index contributed by atoms with van der Waals surface area (Å²) in [5.41, 5.74) is 6.71. The van der Waals surface area contributed by atoms with Crippen LogP contribution in [0.2, 0.25) is 0 Å². The Balaban J connectivity index is 2.48. The van der Waals surface area contributed by atoms with Gasteiger partial charge >= 0.3 is 0 Å². The van der Waals surface area contributed by atoms with Crippen molar-refractivity contribution in [2.45, 2.75) is 25.5 Å². The van der Waals surface area contributed by atoms with Crippen LogP contribution < -0.4 is 11.1 Å². The van der Waals surface area contributed by atoms with Gasteiger partial charge in [-0.1, -0.05) is 19.1 Å². The molecule has 0 bridgehead atoms. The summed E-state index contributed by atoms with van der Waals surface area (Å²) in [5.74, 6) is 0.322. The molecule has 0 saturated heterocycles. The Morgan fingerprint density at radius 1 is 1.42 bits per heavy atom. The van der Waals surface area contributed by atoms with Gasteiger partial charge in [-0.3, -0.25) is 9.59 Å². The molecule has 0 saturated carbocycles. The molecule has 0 spiro atoms. The number of carbonyl (C=O) groups is 2. The third-order valence-electron chi connectivity index (χ3n) is 2.62. The van der Waals surface area contributed by atoms with Gasteiger partial charge in [0.15, 0.2) is 5.78 Å². The molecule has 1 aromatic rings. The Bertz CT molecular complexity index is 449. The van der Waals surface area contributed by atoms with Gasteiger partial charge in [0, 0.05) is 16.5 Å². The number of nitrogens with two attached hydrogens (primary N) is 1. The maximum atomic E-state index is 11.8. The molecule has 19 heavy (non-hydrogen) atoms. The first kappa shape index (κ1) is 15.7. The van der Waals surface area contributed by atoms with Crippen LogP contribution in [0.3, 0.4) is 0 Å². The van der Waals surface area contributed by atoms with E-state index >= 15 is 0 Å². The summed E-state index contributed by atoms with van der Waals surface area (Å²) >= 11 is 1.58. The Kier molecular flexibility index (Phi) is 6.59. The van der Waals surface area contributed by atoms with E-state index < -0.39 is 0 Å². The molecule has 1 rings (SSSR count). The molecule has 0 aliphatic rings. The van der Waals surface area contributed by atoms with Crippen molar-refractivity contribution in [2.24, 2.45) is 5.73 Å². The minimum atomic E-state index is -0.0606. The molecule has 4 nitrogen and oxygen atoms in total. The van der Waals surface area contributed by atoms with E-state index in [-0.39, 0.29) is 11.7 Å². The monoisotopic (exact) mass is 280 g/mol. The first-order valence-corrected chi connectivity index (χ1v) is 7.30. The number of hydrogen-bond donors (Lipinski definition) is 2. The van der Waals surface area contributed by atoms with E-state index in [9.17, 15) is 9.59 Å². The van der Waals surface area contributed by atoms with E-state index in [2.05, 4.69) is 12.2 Å². The number of hydrogen-bond acceptors (Lipinski definition) is 4. The van der Waals surface area contributed by atoms with Crippen molar-refractivity contribution in [1.29, 1.82) is 0 Å². The first-order valence-electron chi connectivity index (χ1n) is 6.25. The molecule has 3 N–H and O–H groups in total. The summed E-state index contributed by atoms with van der Waals surface area (Å²) in [6.07, 6.45) is 0.901. The smallest absolute Gasteiger partial charge is 0.234 e. The van der Waals surface area contributed by atoms with Gasteiger partial charge in [0.2, 0.25) is 5.91 Å². The van der Waals surface area contributed by atoms with Crippen molar-refractivity contribution in [2.75, 3.05) is 17.6 Å². The molecule has 0 heterocycles. The number of ketones is 1. The second kappa shape index (κ2) is 7.96. The molecule has 1 unspecified atom stereocenters. The lowest BCUT2D eigenvalue weighted by Crippen LogP contribution is -2.17. The van der Waals surface area contributed by atoms with Crippen LogP contribution >= 0.6 is 11.8 Å². The SMILES string of the molecule is CC(=O)c1cccc(NC(=O)CSC(C)CCN)c1. The van der Waals surface area contributed by atoms with E-state index in [0.29, 0.717) is 28.8 Å². The molecular formula is C14H20N2O2S. The topological polar surface area (TPSA) is 72.2 Å². The number of amides is 1. The molecule has 1 aromatic carbocycles. The number of anilines is 1. The zero-order valence-corrected chi connectivity index (χ0v) is 12.1. The molecule has 0 aromatic heterocycles. The van der Waals surface area contributed by atoms with Crippen LogP contribution in [-0.2, 0) is 4.79 Å². The van der Waals surface area contributed by atoms with Crippen LogP contribution in [0.4, 0.5) is 5.69 Å². The number of benzene rings is 1. The second-order valence-corrected chi connectivity index (χ2v) is 5.81. The van der Waals surface area contributed by atoms with Crippen molar-refractivity contribution < 1.29 is 9.59 Å². The highest BCUT2D eigenvalue weighted by Crippen LogP contribution is 2.15. The minimum absolute atomic E-state index is 0.0120. The van der Waals surface area contributed by atoms with Gasteiger partial charge in [0.25, 0.3) is 0 Å². The lowest BCUT2D eigenvalue weighted by atomic mass is 10.1. The lowest BCUT2D eigenvalue weighted by molar-refractivity contribution is -0.113. The fourth-order valence-electron chi connectivity index (χ4n) is 1.55. The average Bonchev–Trinajstić information content (AvgIpc) is 2.37. The normalized spacial score (nSPS) is 11.9. The van der Waals surface area contributed by atoms with Crippen LogP contribution in [0.1, 0.15) is 30.6 Å². The number of thioether (sulfide) groups is 1. The molecular weight excluding hydrogens is 260 g/mol. The Hall–Kier alpha value is -1.33. The van der Waals surface area contributed by atoms with Gasteiger partial charge in [-0.2, -0.15) is 0 Å². The van der Waals surface area contributed by atoms with Crippen molar-refractivity contribution in [3.8, 4) is 0 Å². The molecule has 5 heteroatoms. The summed E-state index contributed by atoms with van der Waals surface area (Å²) in [6, 6.07) is 6.96. The fraction of sp³-hybridized carbons (Fsp3) is 0.429. The lowest BCUT2D eigenvalue weighted by Gasteiger charge is -2.10. The third-order valence-corrected chi connectivity index (χ3v) is 3.86. The first-order chi connectivity index (χ1) is 9.02. The van der Waals surface area contributed by atoms with Crippen LogP contribution in [-0.4, -0.2) is 29.2 Å². The van der Waals surface area contributed by atoms with Crippen molar-refractivity contribution >= 4 is 29.1 Å². The molecule has 104 valence electrons. The molecule has 1 atom stereocenters. The zero-order valence-electron chi connectivity index (χ0n) is 11.3. The molecule has 0 radical (unpaired) electrons. The van der Waals surface area contributed by atoms with E-state index in [1.807, 2.05) is 0 Å². The standard InChI is InChI=1S/C14H20N2O2S/c1-10(6-7-15)19-9-14(18)16-13-5-3-4-12(8-13)11(2)17/h3-5,8,10H,6-7,9,15H2,1-2H3,(H,16,18). The molecule has 0 fully saturated rings. The van der Waals surface area contributed by atoms with Crippen LogP contribution in [0, 0.1) is 0 Å². The van der Waals surface area contributed by atoms with Crippen LogP contribution in [0.15, 0.2) is 24.3 Å².